The summed E-state index contributed by atoms with van der Waals surface area (Å²) < 4.78 is 5.91. The smallest absolute Gasteiger partial charge is 0.310 e. The highest BCUT2D eigenvalue weighted by Crippen LogP contribution is 2.31. The van der Waals surface area contributed by atoms with Gasteiger partial charge in [0.05, 0.1) is 12.0 Å². The standard InChI is InChI=1S/C18H21NO3/c1-13-3-5-14(6-4-13)16-8-7-15(22-16)11-19-10-9-18(2,12-19)17(20)21/h3-8H,9-12H2,1-2H3,(H,20,21). The van der Waals surface area contributed by atoms with Gasteiger partial charge in [0.1, 0.15) is 11.5 Å². The lowest BCUT2D eigenvalue weighted by Crippen LogP contribution is -2.31. The third kappa shape index (κ3) is 2.92. The number of benzene rings is 1. The van der Waals surface area contributed by atoms with Gasteiger partial charge >= 0.3 is 5.97 Å². The average molecular weight is 299 g/mol. The van der Waals surface area contributed by atoms with E-state index in [4.69, 9.17) is 4.42 Å². The highest BCUT2D eigenvalue weighted by atomic mass is 16.4. The predicted molar refractivity (Wildman–Crippen MR) is 84.5 cm³/mol. The maximum absolute atomic E-state index is 11.3. The molecule has 1 saturated heterocycles. The lowest BCUT2D eigenvalue weighted by molar-refractivity contribution is -0.147. The van der Waals surface area contributed by atoms with Crippen molar-refractivity contribution in [1.29, 1.82) is 0 Å². The second kappa shape index (κ2) is 5.61. The topological polar surface area (TPSA) is 53.7 Å². The summed E-state index contributed by atoms with van der Waals surface area (Å²) in [6.07, 6.45) is 0.688. The molecule has 4 nitrogen and oxygen atoms in total. The van der Waals surface area contributed by atoms with Gasteiger partial charge < -0.3 is 9.52 Å². The number of hydrogen-bond acceptors (Lipinski definition) is 3. The van der Waals surface area contributed by atoms with Crippen LogP contribution in [-0.2, 0) is 11.3 Å². The molecule has 2 heterocycles. The van der Waals surface area contributed by atoms with E-state index in [-0.39, 0.29) is 0 Å². The zero-order valence-electron chi connectivity index (χ0n) is 13.0. The Hall–Kier alpha value is -2.07. The van der Waals surface area contributed by atoms with E-state index in [9.17, 15) is 9.90 Å². The van der Waals surface area contributed by atoms with Crippen LogP contribution in [0.15, 0.2) is 40.8 Å². The molecule has 22 heavy (non-hydrogen) atoms. The van der Waals surface area contributed by atoms with Gasteiger partial charge in [-0.1, -0.05) is 29.8 Å². The molecule has 0 bridgehead atoms. The Morgan fingerprint density at radius 2 is 2.00 bits per heavy atom. The summed E-state index contributed by atoms with van der Waals surface area (Å²) >= 11 is 0. The molecule has 1 unspecified atom stereocenters. The molecule has 3 rings (SSSR count). The molecule has 1 aromatic carbocycles. The number of nitrogens with zero attached hydrogens (tertiary/aromatic N) is 1. The molecule has 116 valence electrons. The monoisotopic (exact) mass is 299 g/mol. The van der Waals surface area contributed by atoms with Gasteiger partial charge in [-0.25, -0.2) is 0 Å². The van der Waals surface area contributed by atoms with Crippen LogP contribution in [0.4, 0.5) is 0 Å². The van der Waals surface area contributed by atoms with Gasteiger partial charge in [-0.15, -0.1) is 0 Å². The molecule has 1 fully saturated rings. The van der Waals surface area contributed by atoms with Crippen LogP contribution in [0, 0.1) is 12.3 Å². The van der Waals surface area contributed by atoms with Crippen LogP contribution in [0.5, 0.6) is 0 Å². The number of likely N-dealkylation sites (tertiary alicyclic amines) is 1. The van der Waals surface area contributed by atoms with Crippen LogP contribution in [0.2, 0.25) is 0 Å². The number of aryl methyl sites for hydroxylation is 1. The van der Waals surface area contributed by atoms with E-state index in [2.05, 4.69) is 36.1 Å². The number of furan rings is 1. The molecule has 1 aromatic heterocycles. The first kappa shape index (κ1) is 14.9. The Labute approximate surface area is 130 Å². The van der Waals surface area contributed by atoms with Crippen molar-refractivity contribution in [3.8, 4) is 11.3 Å². The number of hydrogen-bond donors (Lipinski definition) is 1. The molecule has 1 atom stereocenters. The van der Waals surface area contributed by atoms with Gasteiger partial charge in [-0.2, -0.15) is 0 Å². The highest BCUT2D eigenvalue weighted by Gasteiger charge is 2.40. The maximum atomic E-state index is 11.3. The number of carboxylic acid groups (broad SMARTS) is 1. The van der Waals surface area contributed by atoms with E-state index in [1.165, 1.54) is 5.56 Å². The summed E-state index contributed by atoms with van der Waals surface area (Å²) in [5.74, 6) is 1.02. The normalized spacial score (nSPS) is 22.1. The van der Waals surface area contributed by atoms with Crippen molar-refractivity contribution in [2.24, 2.45) is 5.41 Å². The van der Waals surface area contributed by atoms with Crippen LogP contribution in [0.1, 0.15) is 24.7 Å². The number of rotatable bonds is 4. The van der Waals surface area contributed by atoms with E-state index in [0.29, 0.717) is 19.5 Å². The lowest BCUT2D eigenvalue weighted by atomic mass is 9.90. The SMILES string of the molecule is Cc1ccc(-c2ccc(CN3CCC(C)(C(=O)O)C3)o2)cc1. The van der Waals surface area contributed by atoms with E-state index in [1.54, 1.807) is 0 Å². The predicted octanol–water partition coefficient (Wildman–Crippen LogP) is 3.55. The van der Waals surface area contributed by atoms with Crippen molar-refractivity contribution in [3.05, 3.63) is 47.7 Å². The van der Waals surface area contributed by atoms with E-state index in [1.807, 2.05) is 19.1 Å². The third-order valence-electron chi connectivity index (χ3n) is 4.45. The van der Waals surface area contributed by atoms with Crippen molar-refractivity contribution in [1.82, 2.24) is 4.90 Å². The molecular formula is C18H21NO3. The van der Waals surface area contributed by atoms with Crippen molar-refractivity contribution >= 4 is 5.97 Å². The second-order valence-electron chi connectivity index (χ2n) is 6.46. The molecule has 0 radical (unpaired) electrons. The zero-order valence-corrected chi connectivity index (χ0v) is 13.0. The summed E-state index contributed by atoms with van der Waals surface area (Å²) in [6.45, 7) is 5.90. The molecule has 1 aliphatic heterocycles. The molecule has 0 saturated carbocycles. The molecule has 0 aliphatic carbocycles. The van der Waals surface area contributed by atoms with Gasteiger partial charge in [0.25, 0.3) is 0 Å². The van der Waals surface area contributed by atoms with E-state index in [0.717, 1.165) is 23.6 Å². The molecule has 1 N–H and O–H groups in total. The highest BCUT2D eigenvalue weighted by molar-refractivity contribution is 5.74. The van der Waals surface area contributed by atoms with Crippen molar-refractivity contribution < 1.29 is 14.3 Å². The zero-order chi connectivity index (χ0) is 15.7. The second-order valence-corrected chi connectivity index (χ2v) is 6.46. The fraction of sp³-hybridized carbons (Fsp3) is 0.389. The number of aliphatic carboxylic acids is 1. The fourth-order valence-corrected chi connectivity index (χ4v) is 2.92. The molecule has 0 amide bonds. The van der Waals surface area contributed by atoms with Gasteiger partial charge in [0, 0.05) is 12.1 Å². The molecule has 2 aromatic rings. The molecular weight excluding hydrogens is 278 g/mol. The maximum Gasteiger partial charge on any atom is 0.310 e. The Morgan fingerprint density at radius 1 is 1.27 bits per heavy atom. The van der Waals surface area contributed by atoms with Gasteiger partial charge in [-0.3, -0.25) is 9.69 Å². The molecule has 1 aliphatic rings. The fourth-order valence-electron chi connectivity index (χ4n) is 2.92. The minimum atomic E-state index is -0.713. The van der Waals surface area contributed by atoms with Crippen molar-refractivity contribution in [2.45, 2.75) is 26.8 Å². The first-order valence-corrected chi connectivity index (χ1v) is 7.58. The van der Waals surface area contributed by atoms with Gasteiger partial charge in [-0.05, 0) is 38.9 Å². The largest absolute Gasteiger partial charge is 0.481 e. The number of carbonyl (C=O) groups is 1. The lowest BCUT2D eigenvalue weighted by Gasteiger charge is -2.19. The van der Waals surface area contributed by atoms with Crippen LogP contribution in [0.3, 0.4) is 0 Å². The van der Waals surface area contributed by atoms with Crippen molar-refractivity contribution in [2.75, 3.05) is 13.1 Å². The molecule has 0 spiro atoms. The third-order valence-corrected chi connectivity index (χ3v) is 4.45. The first-order chi connectivity index (χ1) is 10.5. The Morgan fingerprint density at radius 3 is 2.64 bits per heavy atom. The first-order valence-electron chi connectivity index (χ1n) is 7.58. The number of carboxylic acids is 1. The van der Waals surface area contributed by atoms with Crippen LogP contribution in [-0.4, -0.2) is 29.1 Å². The van der Waals surface area contributed by atoms with E-state index < -0.39 is 11.4 Å². The minimum absolute atomic E-state index is 0.572. The van der Waals surface area contributed by atoms with E-state index >= 15 is 0 Å². The van der Waals surface area contributed by atoms with Crippen LogP contribution >= 0.6 is 0 Å². The minimum Gasteiger partial charge on any atom is -0.481 e. The summed E-state index contributed by atoms with van der Waals surface area (Å²) in [7, 11) is 0. The van der Waals surface area contributed by atoms with Gasteiger partial charge in [0.15, 0.2) is 0 Å². The Kier molecular flexibility index (Phi) is 3.79. The van der Waals surface area contributed by atoms with Crippen LogP contribution in [0.25, 0.3) is 11.3 Å². The van der Waals surface area contributed by atoms with Crippen molar-refractivity contribution in [3.63, 3.8) is 0 Å². The Bertz CT molecular complexity index is 674. The summed E-state index contributed by atoms with van der Waals surface area (Å²) in [5.41, 5.74) is 1.65. The molecule has 4 heteroatoms. The quantitative estimate of drug-likeness (QED) is 0.938. The van der Waals surface area contributed by atoms with Crippen LogP contribution < -0.4 is 0 Å². The van der Waals surface area contributed by atoms with Gasteiger partial charge in [0.2, 0.25) is 0 Å². The Balaban J connectivity index is 1.68. The summed E-state index contributed by atoms with van der Waals surface area (Å²) in [6, 6.07) is 12.2. The average Bonchev–Trinajstić information content (AvgIpc) is 3.08. The summed E-state index contributed by atoms with van der Waals surface area (Å²) in [4.78, 5) is 13.4. The summed E-state index contributed by atoms with van der Waals surface area (Å²) in [5, 5.41) is 9.28.